The Labute approximate surface area is 83.2 Å². The van der Waals surface area contributed by atoms with Gasteiger partial charge in [-0.1, -0.05) is 6.07 Å². The number of carbonyl (C=O) groups excluding carboxylic acids is 1. The van der Waals surface area contributed by atoms with Crippen molar-refractivity contribution in [3.05, 3.63) is 30.1 Å². The Balaban J connectivity index is 0.00000144. The Hall–Kier alpha value is -0.930. The van der Waals surface area contributed by atoms with Gasteiger partial charge < -0.3 is 5.11 Å². The molecule has 0 bridgehead atoms. The molecule has 0 aliphatic rings. The number of aromatic nitrogens is 1. The maximum absolute atomic E-state index is 10.6. The van der Waals surface area contributed by atoms with E-state index in [1.165, 1.54) is 6.92 Å². The number of hydrogen-bond donors (Lipinski definition) is 1. The number of ketones is 1. The van der Waals surface area contributed by atoms with Gasteiger partial charge in [0.1, 0.15) is 11.9 Å². The standard InChI is InChI=1S/C9H11NO2.ClH/c1-7(11)6-9(12)8-4-2-3-5-10-8;/h2-5,9,12H,6H2,1H3;1H. The van der Waals surface area contributed by atoms with Crippen molar-refractivity contribution >= 4 is 18.2 Å². The zero-order chi connectivity index (χ0) is 8.97. The summed E-state index contributed by atoms with van der Waals surface area (Å²) in [5.41, 5.74) is 0.549. The summed E-state index contributed by atoms with van der Waals surface area (Å²) in [6, 6.07) is 5.25. The van der Waals surface area contributed by atoms with Crippen LogP contribution in [0.1, 0.15) is 25.1 Å². The SMILES string of the molecule is CC(=O)CC(O)c1ccccn1.Cl. The molecule has 0 aliphatic carbocycles. The third-order valence-corrected chi connectivity index (χ3v) is 1.51. The number of carbonyl (C=O) groups is 1. The largest absolute Gasteiger partial charge is 0.386 e. The molecule has 0 spiro atoms. The van der Waals surface area contributed by atoms with E-state index in [1.54, 1.807) is 24.4 Å². The summed E-state index contributed by atoms with van der Waals surface area (Å²) in [6.07, 6.45) is 0.971. The van der Waals surface area contributed by atoms with Crippen molar-refractivity contribution in [2.75, 3.05) is 0 Å². The zero-order valence-electron chi connectivity index (χ0n) is 7.30. The highest BCUT2D eigenvalue weighted by Gasteiger charge is 2.09. The topological polar surface area (TPSA) is 50.2 Å². The van der Waals surface area contributed by atoms with E-state index in [1.807, 2.05) is 0 Å². The Morgan fingerprint density at radius 3 is 2.77 bits per heavy atom. The third-order valence-electron chi connectivity index (χ3n) is 1.51. The van der Waals surface area contributed by atoms with Crippen LogP contribution in [-0.4, -0.2) is 15.9 Å². The first-order valence-electron chi connectivity index (χ1n) is 3.78. The minimum absolute atomic E-state index is 0. The summed E-state index contributed by atoms with van der Waals surface area (Å²) >= 11 is 0. The van der Waals surface area contributed by atoms with E-state index >= 15 is 0 Å². The van der Waals surface area contributed by atoms with Gasteiger partial charge in [0, 0.05) is 12.6 Å². The second-order valence-electron chi connectivity index (χ2n) is 2.68. The maximum Gasteiger partial charge on any atom is 0.132 e. The van der Waals surface area contributed by atoms with Crippen molar-refractivity contribution < 1.29 is 9.90 Å². The number of pyridine rings is 1. The normalized spacial score (nSPS) is 11.5. The molecule has 1 aromatic heterocycles. The van der Waals surface area contributed by atoms with E-state index in [4.69, 9.17) is 0 Å². The van der Waals surface area contributed by atoms with Gasteiger partial charge in [-0.2, -0.15) is 0 Å². The van der Waals surface area contributed by atoms with Crippen LogP contribution < -0.4 is 0 Å². The van der Waals surface area contributed by atoms with Gasteiger partial charge >= 0.3 is 0 Å². The van der Waals surface area contributed by atoms with Gasteiger partial charge in [0.05, 0.1) is 5.69 Å². The average molecular weight is 202 g/mol. The molecule has 0 radical (unpaired) electrons. The van der Waals surface area contributed by atoms with Gasteiger partial charge in [-0.3, -0.25) is 9.78 Å². The van der Waals surface area contributed by atoms with Gasteiger partial charge in [-0.05, 0) is 19.1 Å². The molecule has 1 aromatic rings. The molecule has 3 nitrogen and oxygen atoms in total. The molecule has 0 aromatic carbocycles. The monoisotopic (exact) mass is 201 g/mol. The van der Waals surface area contributed by atoms with Crippen LogP contribution in [0.4, 0.5) is 0 Å². The number of nitrogens with zero attached hydrogens (tertiary/aromatic N) is 1. The van der Waals surface area contributed by atoms with E-state index in [9.17, 15) is 9.90 Å². The predicted molar refractivity (Wildman–Crippen MR) is 51.7 cm³/mol. The minimum atomic E-state index is -0.760. The van der Waals surface area contributed by atoms with E-state index in [-0.39, 0.29) is 24.6 Å². The fourth-order valence-corrected chi connectivity index (χ4v) is 0.950. The number of aliphatic hydroxyl groups excluding tert-OH is 1. The lowest BCUT2D eigenvalue weighted by Gasteiger charge is -2.06. The second kappa shape index (κ2) is 5.67. The van der Waals surface area contributed by atoms with E-state index in [0.29, 0.717) is 5.69 Å². The lowest BCUT2D eigenvalue weighted by molar-refractivity contribution is -0.118. The van der Waals surface area contributed by atoms with Gasteiger partial charge in [-0.15, -0.1) is 12.4 Å². The van der Waals surface area contributed by atoms with Crippen LogP contribution in [0, 0.1) is 0 Å². The quantitative estimate of drug-likeness (QED) is 0.807. The molecule has 1 atom stereocenters. The molecule has 4 heteroatoms. The lowest BCUT2D eigenvalue weighted by Crippen LogP contribution is -2.04. The molecule has 0 fully saturated rings. The number of hydrogen-bond acceptors (Lipinski definition) is 3. The van der Waals surface area contributed by atoms with Crippen molar-refractivity contribution in [1.82, 2.24) is 4.98 Å². The molecule has 0 saturated carbocycles. The number of rotatable bonds is 3. The zero-order valence-corrected chi connectivity index (χ0v) is 8.12. The van der Waals surface area contributed by atoms with E-state index in [2.05, 4.69) is 4.98 Å². The summed E-state index contributed by atoms with van der Waals surface area (Å²) in [7, 11) is 0. The molecule has 1 N–H and O–H groups in total. The fourth-order valence-electron chi connectivity index (χ4n) is 0.950. The Morgan fingerprint density at radius 1 is 1.62 bits per heavy atom. The summed E-state index contributed by atoms with van der Waals surface area (Å²) in [6.45, 7) is 1.45. The second-order valence-corrected chi connectivity index (χ2v) is 2.68. The van der Waals surface area contributed by atoms with Crippen molar-refractivity contribution in [1.29, 1.82) is 0 Å². The van der Waals surface area contributed by atoms with Gasteiger partial charge in [-0.25, -0.2) is 0 Å². The molecule has 0 amide bonds. The number of Topliss-reactive ketones (excluding diaryl/α,β-unsaturated/α-hetero) is 1. The third kappa shape index (κ3) is 4.01. The van der Waals surface area contributed by atoms with Gasteiger partial charge in [0.15, 0.2) is 0 Å². The molecular weight excluding hydrogens is 190 g/mol. The molecule has 0 aliphatic heterocycles. The number of halogens is 1. The van der Waals surface area contributed by atoms with Crippen LogP contribution in [0.3, 0.4) is 0 Å². The van der Waals surface area contributed by atoms with Gasteiger partial charge in [0.25, 0.3) is 0 Å². The summed E-state index contributed by atoms with van der Waals surface area (Å²) < 4.78 is 0. The van der Waals surface area contributed by atoms with E-state index < -0.39 is 6.10 Å². The minimum Gasteiger partial charge on any atom is -0.386 e. The summed E-state index contributed by atoms with van der Waals surface area (Å²) in [4.78, 5) is 14.6. The molecule has 1 unspecified atom stereocenters. The first-order valence-corrected chi connectivity index (χ1v) is 3.78. The van der Waals surface area contributed by atoms with Crippen LogP contribution in [0.5, 0.6) is 0 Å². The van der Waals surface area contributed by atoms with Crippen molar-refractivity contribution in [2.45, 2.75) is 19.4 Å². The van der Waals surface area contributed by atoms with Crippen LogP contribution >= 0.6 is 12.4 Å². The highest BCUT2D eigenvalue weighted by Crippen LogP contribution is 2.12. The van der Waals surface area contributed by atoms with Gasteiger partial charge in [0.2, 0.25) is 0 Å². The Morgan fingerprint density at radius 2 is 2.31 bits per heavy atom. The van der Waals surface area contributed by atoms with Crippen LogP contribution in [-0.2, 0) is 4.79 Å². The molecule has 72 valence electrons. The fraction of sp³-hybridized carbons (Fsp3) is 0.333. The molecule has 13 heavy (non-hydrogen) atoms. The highest BCUT2D eigenvalue weighted by molar-refractivity contribution is 5.85. The molecular formula is C9H12ClNO2. The average Bonchev–Trinajstić information content (AvgIpc) is 2.05. The van der Waals surface area contributed by atoms with Crippen molar-refractivity contribution in [3.8, 4) is 0 Å². The predicted octanol–water partition coefficient (Wildman–Crippen LogP) is 1.52. The highest BCUT2D eigenvalue weighted by atomic mass is 35.5. The Kier molecular flexibility index (Phi) is 5.26. The molecule has 1 rings (SSSR count). The smallest absolute Gasteiger partial charge is 0.132 e. The summed E-state index contributed by atoms with van der Waals surface area (Å²) in [5.74, 6) is -0.0341. The van der Waals surface area contributed by atoms with Crippen LogP contribution in [0.25, 0.3) is 0 Å². The number of aliphatic hydroxyl groups is 1. The van der Waals surface area contributed by atoms with Crippen molar-refractivity contribution in [2.24, 2.45) is 0 Å². The lowest BCUT2D eigenvalue weighted by atomic mass is 10.1. The van der Waals surface area contributed by atoms with Crippen LogP contribution in [0.2, 0.25) is 0 Å². The molecule has 1 heterocycles. The van der Waals surface area contributed by atoms with E-state index in [0.717, 1.165) is 0 Å². The maximum atomic E-state index is 10.6. The first-order chi connectivity index (χ1) is 5.70. The van der Waals surface area contributed by atoms with Crippen LogP contribution in [0.15, 0.2) is 24.4 Å². The first kappa shape index (κ1) is 12.1. The van der Waals surface area contributed by atoms with Crippen molar-refractivity contribution in [3.63, 3.8) is 0 Å². The Bertz CT molecular complexity index is 264. The summed E-state index contributed by atoms with van der Waals surface area (Å²) in [5, 5.41) is 9.41. The molecule has 0 saturated heterocycles.